The number of hydrogen-bond donors (Lipinski definition) is 2. The van der Waals surface area contributed by atoms with Crippen LogP contribution in [0.3, 0.4) is 0 Å². The third kappa shape index (κ3) is 3.39. The van der Waals surface area contributed by atoms with Gasteiger partial charge in [-0.1, -0.05) is 38.6 Å². The van der Waals surface area contributed by atoms with Crippen LogP contribution in [0.15, 0.2) is 41.0 Å². The Kier molecular flexibility index (Phi) is 4.87. The van der Waals surface area contributed by atoms with Crippen LogP contribution < -0.4 is 11.1 Å². The maximum Gasteiger partial charge on any atom is 0.191 e. The van der Waals surface area contributed by atoms with Gasteiger partial charge in [-0.3, -0.25) is 9.78 Å². The second-order valence-corrected chi connectivity index (χ2v) is 9.24. The van der Waals surface area contributed by atoms with Gasteiger partial charge in [0.1, 0.15) is 11.6 Å². The van der Waals surface area contributed by atoms with E-state index in [0.717, 1.165) is 41.0 Å². The molecule has 0 spiro atoms. The van der Waals surface area contributed by atoms with Crippen LogP contribution >= 0.6 is 11.8 Å². The summed E-state index contributed by atoms with van der Waals surface area (Å²) >= 11 is 1.60. The first-order chi connectivity index (χ1) is 13.4. The highest BCUT2D eigenvalue weighted by molar-refractivity contribution is 7.99. The van der Waals surface area contributed by atoms with Crippen molar-refractivity contribution >= 4 is 29.2 Å². The van der Waals surface area contributed by atoms with Gasteiger partial charge in [0.2, 0.25) is 0 Å². The number of nitrogens with zero attached hydrogens (tertiary/aromatic N) is 3. The molecule has 1 aliphatic heterocycles. The fourth-order valence-corrected chi connectivity index (χ4v) is 4.76. The van der Waals surface area contributed by atoms with E-state index in [2.05, 4.69) is 36.1 Å². The van der Waals surface area contributed by atoms with Crippen LogP contribution in [0.1, 0.15) is 57.1 Å². The standard InChI is InChI=1S/C21H25N5OS/c1-4-8-28-20-25-18(22)17-15(12-6-5-7-23-11-12)16-13(24-19(17)26-20)9-21(2,3)10-14(16)27/h5-7,11,15H,4,8-10H2,1-3H3,(H3,22,24,25,26)/t15-/m1/s1. The number of thioether (sulfide) groups is 1. The Bertz CT molecular complexity index is 955. The predicted octanol–water partition coefficient (Wildman–Crippen LogP) is 4.16. The van der Waals surface area contributed by atoms with Crippen molar-refractivity contribution in [2.24, 2.45) is 5.41 Å². The molecule has 0 bridgehead atoms. The number of allylic oxidation sites excluding steroid dienone is 2. The fraction of sp³-hybridized carbons (Fsp3) is 0.429. The second kappa shape index (κ2) is 7.20. The number of carbonyl (C=O) groups excluding carboxylic acids is 1. The number of pyridine rings is 1. The van der Waals surface area contributed by atoms with Crippen molar-refractivity contribution in [1.82, 2.24) is 15.0 Å². The largest absolute Gasteiger partial charge is 0.383 e. The van der Waals surface area contributed by atoms with E-state index < -0.39 is 0 Å². The number of fused-ring (bicyclic) bond motifs is 1. The Morgan fingerprint density at radius 2 is 2.14 bits per heavy atom. The van der Waals surface area contributed by atoms with Gasteiger partial charge in [0.25, 0.3) is 0 Å². The van der Waals surface area contributed by atoms with Gasteiger partial charge in [0.15, 0.2) is 10.9 Å². The summed E-state index contributed by atoms with van der Waals surface area (Å²) in [6.45, 7) is 6.38. The molecule has 2 aromatic heterocycles. The number of anilines is 2. The zero-order valence-electron chi connectivity index (χ0n) is 16.5. The van der Waals surface area contributed by atoms with Crippen LogP contribution in [0, 0.1) is 5.41 Å². The number of nitrogens with two attached hydrogens (primary N) is 1. The minimum absolute atomic E-state index is 0.0850. The molecule has 2 aliphatic rings. The molecule has 4 rings (SSSR count). The van der Waals surface area contributed by atoms with Gasteiger partial charge < -0.3 is 11.1 Å². The highest BCUT2D eigenvalue weighted by atomic mass is 32.2. The molecule has 0 fully saturated rings. The third-order valence-electron chi connectivity index (χ3n) is 5.17. The molecule has 0 unspecified atom stereocenters. The zero-order valence-corrected chi connectivity index (χ0v) is 17.3. The lowest BCUT2D eigenvalue weighted by Gasteiger charge is -2.39. The maximum atomic E-state index is 13.2. The molecule has 1 atom stereocenters. The number of aromatic nitrogens is 3. The number of rotatable bonds is 4. The predicted molar refractivity (Wildman–Crippen MR) is 112 cm³/mol. The van der Waals surface area contributed by atoms with Crippen molar-refractivity contribution in [3.05, 3.63) is 46.9 Å². The van der Waals surface area contributed by atoms with Gasteiger partial charge in [-0.05, 0) is 29.9 Å². The molecule has 146 valence electrons. The lowest BCUT2D eigenvalue weighted by molar-refractivity contribution is -0.118. The Balaban J connectivity index is 1.89. The molecule has 1 aliphatic carbocycles. The second-order valence-electron chi connectivity index (χ2n) is 8.18. The van der Waals surface area contributed by atoms with Gasteiger partial charge in [-0.15, -0.1) is 0 Å². The molecule has 0 saturated heterocycles. The normalized spacial score (nSPS) is 20.4. The Hall–Kier alpha value is -2.41. The van der Waals surface area contributed by atoms with Crippen molar-refractivity contribution in [2.75, 3.05) is 16.8 Å². The maximum absolute atomic E-state index is 13.2. The Morgan fingerprint density at radius 1 is 1.32 bits per heavy atom. The van der Waals surface area contributed by atoms with Gasteiger partial charge in [-0.2, -0.15) is 0 Å². The number of nitrogens with one attached hydrogen (secondary N) is 1. The number of hydrogen-bond acceptors (Lipinski definition) is 7. The number of nitrogen functional groups attached to an aromatic ring is 1. The summed E-state index contributed by atoms with van der Waals surface area (Å²) in [5.74, 6) is 1.94. The molecule has 3 N–H and O–H groups in total. The van der Waals surface area contributed by atoms with E-state index in [9.17, 15) is 4.79 Å². The molecule has 3 heterocycles. The number of ketones is 1. The van der Waals surface area contributed by atoms with E-state index in [1.165, 1.54) is 0 Å². The van der Waals surface area contributed by atoms with Crippen molar-refractivity contribution in [2.45, 2.75) is 51.1 Å². The molecule has 6 nitrogen and oxygen atoms in total. The topological polar surface area (TPSA) is 93.8 Å². The first kappa shape index (κ1) is 18.9. The molecular weight excluding hydrogens is 370 g/mol. The SMILES string of the molecule is CCCSc1nc(N)c2c(n1)NC1=C(C(=O)CC(C)(C)C1)[C@H]2c1cccnc1. The van der Waals surface area contributed by atoms with Crippen LogP contribution in [-0.2, 0) is 4.79 Å². The van der Waals surface area contributed by atoms with Crippen LogP contribution in [-0.4, -0.2) is 26.5 Å². The summed E-state index contributed by atoms with van der Waals surface area (Å²) in [5.41, 5.74) is 9.77. The van der Waals surface area contributed by atoms with Gasteiger partial charge >= 0.3 is 0 Å². The summed E-state index contributed by atoms with van der Waals surface area (Å²) in [6.07, 6.45) is 5.89. The number of carbonyl (C=O) groups is 1. The van der Waals surface area contributed by atoms with E-state index in [4.69, 9.17) is 10.7 Å². The van der Waals surface area contributed by atoms with Crippen LogP contribution in [0.4, 0.5) is 11.6 Å². The van der Waals surface area contributed by atoms with E-state index in [1.54, 1.807) is 24.2 Å². The van der Waals surface area contributed by atoms with E-state index >= 15 is 0 Å². The molecule has 7 heteroatoms. The lowest BCUT2D eigenvalue weighted by atomic mass is 9.69. The van der Waals surface area contributed by atoms with Crippen LogP contribution in [0.5, 0.6) is 0 Å². The number of Topliss-reactive ketones (excluding diaryl/α,β-unsaturated/α-hetero) is 1. The van der Waals surface area contributed by atoms with Gasteiger partial charge in [-0.25, -0.2) is 9.97 Å². The fourth-order valence-electron chi connectivity index (χ4n) is 4.05. The molecular formula is C21H25N5OS. The molecule has 0 radical (unpaired) electrons. The monoisotopic (exact) mass is 395 g/mol. The van der Waals surface area contributed by atoms with Gasteiger partial charge in [0.05, 0.1) is 0 Å². The lowest BCUT2D eigenvalue weighted by Crippen LogP contribution is -2.34. The van der Waals surface area contributed by atoms with Gasteiger partial charge in [0, 0.05) is 47.3 Å². The van der Waals surface area contributed by atoms with E-state index in [0.29, 0.717) is 23.2 Å². The average Bonchev–Trinajstić information content (AvgIpc) is 2.64. The minimum atomic E-state index is -0.284. The average molecular weight is 396 g/mol. The Labute approximate surface area is 169 Å². The van der Waals surface area contributed by atoms with Crippen molar-refractivity contribution in [1.29, 1.82) is 0 Å². The smallest absolute Gasteiger partial charge is 0.191 e. The molecule has 2 aromatic rings. The minimum Gasteiger partial charge on any atom is -0.383 e. The van der Waals surface area contributed by atoms with Crippen molar-refractivity contribution < 1.29 is 4.79 Å². The summed E-state index contributed by atoms with van der Waals surface area (Å²) in [6, 6.07) is 3.88. The molecule has 28 heavy (non-hydrogen) atoms. The summed E-state index contributed by atoms with van der Waals surface area (Å²) in [7, 11) is 0. The summed E-state index contributed by atoms with van der Waals surface area (Å²) in [5, 5.41) is 4.10. The molecule has 0 saturated carbocycles. The van der Waals surface area contributed by atoms with Crippen molar-refractivity contribution in [3.63, 3.8) is 0 Å². The molecule has 0 aromatic carbocycles. The third-order valence-corrected chi connectivity index (χ3v) is 6.23. The quantitative estimate of drug-likeness (QED) is 0.593. The van der Waals surface area contributed by atoms with Crippen LogP contribution in [0.25, 0.3) is 0 Å². The zero-order chi connectivity index (χ0) is 19.9. The van der Waals surface area contributed by atoms with E-state index in [1.807, 2.05) is 12.1 Å². The highest BCUT2D eigenvalue weighted by Crippen LogP contribution is 2.49. The summed E-state index contributed by atoms with van der Waals surface area (Å²) in [4.78, 5) is 26.7. The first-order valence-corrected chi connectivity index (χ1v) is 10.6. The van der Waals surface area contributed by atoms with Crippen molar-refractivity contribution in [3.8, 4) is 0 Å². The summed E-state index contributed by atoms with van der Waals surface area (Å²) < 4.78 is 0. The van der Waals surface area contributed by atoms with Crippen LogP contribution in [0.2, 0.25) is 0 Å². The molecule has 0 amide bonds. The first-order valence-electron chi connectivity index (χ1n) is 9.63. The van der Waals surface area contributed by atoms with E-state index in [-0.39, 0.29) is 17.1 Å². The Morgan fingerprint density at radius 3 is 2.86 bits per heavy atom. The highest BCUT2D eigenvalue weighted by Gasteiger charge is 2.42.